The lowest BCUT2D eigenvalue weighted by Gasteiger charge is -2.08. The normalized spacial score (nSPS) is 10.1. The summed E-state index contributed by atoms with van der Waals surface area (Å²) in [5.41, 5.74) is 4.07. The van der Waals surface area contributed by atoms with Crippen molar-refractivity contribution < 1.29 is 0 Å². The number of nitrogens with zero attached hydrogens (tertiary/aromatic N) is 2. The molecule has 0 radical (unpaired) electrons. The van der Waals surface area contributed by atoms with Crippen LogP contribution < -0.4 is 0 Å². The first-order chi connectivity index (χ1) is 8.61. The zero-order valence-corrected chi connectivity index (χ0v) is 11.5. The first kappa shape index (κ1) is 12.7. The van der Waals surface area contributed by atoms with Crippen LogP contribution in [0.15, 0.2) is 40.4 Å². The molecule has 0 bridgehead atoms. The second-order valence-corrected chi connectivity index (χ2v) is 5.32. The Morgan fingerprint density at radius 3 is 2.61 bits per heavy atom. The molecule has 0 saturated carbocycles. The van der Waals surface area contributed by atoms with Crippen LogP contribution in [0.4, 0.5) is 0 Å². The van der Waals surface area contributed by atoms with Gasteiger partial charge in [0.05, 0.1) is 5.56 Å². The van der Waals surface area contributed by atoms with Crippen molar-refractivity contribution in [3.8, 4) is 6.07 Å². The topological polar surface area (TPSA) is 36.7 Å². The highest BCUT2D eigenvalue weighted by Gasteiger charge is 2.09. The minimum Gasteiger partial charge on any atom is -0.248 e. The molecule has 3 heteroatoms. The molecule has 2 aromatic rings. The molecule has 2 rings (SSSR count). The van der Waals surface area contributed by atoms with Crippen LogP contribution in [-0.2, 0) is 0 Å². The fraction of sp³-hybridized carbons (Fsp3) is 0.200. The van der Waals surface area contributed by atoms with Crippen molar-refractivity contribution in [3.63, 3.8) is 0 Å². The summed E-state index contributed by atoms with van der Waals surface area (Å²) in [5.74, 6) is 0. The fourth-order valence-corrected chi connectivity index (χ4v) is 2.77. The van der Waals surface area contributed by atoms with Gasteiger partial charge >= 0.3 is 0 Å². The van der Waals surface area contributed by atoms with E-state index in [4.69, 9.17) is 0 Å². The molecule has 18 heavy (non-hydrogen) atoms. The van der Waals surface area contributed by atoms with Crippen LogP contribution in [0.25, 0.3) is 0 Å². The third-order valence-corrected chi connectivity index (χ3v) is 3.95. The van der Waals surface area contributed by atoms with Gasteiger partial charge in [-0.3, -0.25) is 0 Å². The second kappa shape index (κ2) is 5.24. The predicted molar refractivity (Wildman–Crippen MR) is 73.7 cm³/mol. The first-order valence-corrected chi connectivity index (χ1v) is 6.54. The Morgan fingerprint density at radius 1 is 1.11 bits per heavy atom. The van der Waals surface area contributed by atoms with E-state index < -0.39 is 0 Å². The van der Waals surface area contributed by atoms with Gasteiger partial charge in [0.1, 0.15) is 11.1 Å². The largest absolute Gasteiger partial charge is 0.248 e. The van der Waals surface area contributed by atoms with Crippen LogP contribution >= 0.6 is 11.8 Å². The molecule has 1 aromatic heterocycles. The molecule has 2 nitrogen and oxygen atoms in total. The van der Waals surface area contributed by atoms with Gasteiger partial charge in [-0.05, 0) is 49.6 Å². The third-order valence-electron chi connectivity index (χ3n) is 2.79. The number of pyridine rings is 1. The molecule has 0 spiro atoms. The molecule has 0 amide bonds. The highest BCUT2D eigenvalue weighted by molar-refractivity contribution is 7.99. The maximum atomic E-state index is 9.20. The monoisotopic (exact) mass is 254 g/mol. The number of hydrogen-bond donors (Lipinski definition) is 0. The molecular formula is C15H14N2S. The fourth-order valence-electron chi connectivity index (χ4n) is 1.67. The Bertz CT molecular complexity index is 627. The van der Waals surface area contributed by atoms with Crippen LogP contribution in [-0.4, -0.2) is 4.98 Å². The van der Waals surface area contributed by atoms with E-state index >= 15 is 0 Å². The van der Waals surface area contributed by atoms with Gasteiger partial charge in [-0.1, -0.05) is 23.9 Å². The van der Waals surface area contributed by atoms with Gasteiger partial charge in [0, 0.05) is 11.1 Å². The molecule has 0 N–H and O–H groups in total. The van der Waals surface area contributed by atoms with Crippen LogP contribution in [0.2, 0.25) is 0 Å². The lowest BCUT2D eigenvalue weighted by molar-refractivity contribution is 1.08. The van der Waals surface area contributed by atoms with E-state index in [0.717, 1.165) is 15.5 Å². The van der Waals surface area contributed by atoms with Gasteiger partial charge in [-0.15, -0.1) is 0 Å². The number of aryl methyl sites for hydroxylation is 3. The summed E-state index contributed by atoms with van der Waals surface area (Å²) in [6.45, 7) is 6.08. The highest BCUT2D eigenvalue weighted by Crippen LogP contribution is 2.32. The molecule has 90 valence electrons. The molecule has 1 aromatic carbocycles. The number of benzene rings is 1. The Kier molecular flexibility index (Phi) is 3.69. The SMILES string of the molecule is Cc1ccc(C)c(Sc2nccc(C)c2C#N)c1. The van der Waals surface area contributed by atoms with Crippen molar-refractivity contribution in [1.82, 2.24) is 4.98 Å². The minimum absolute atomic E-state index is 0.670. The Balaban J connectivity index is 2.44. The lowest BCUT2D eigenvalue weighted by atomic mass is 10.2. The molecule has 1 heterocycles. The summed E-state index contributed by atoms with van der Waals surface area (Å²) in [6.07, 6.45) is 1.75. The van der Waals surface area contributed by atoms with Crippen LogP contribution in [0, 0.1) is 32.1 Å². The van der Waals surface area contributed by atoms with Crippen molar-refractivity contribution in [1.29, 1.82) is 5.26 Å². The van der Waals surface area contributed by atoms with Crippen molar-refractivity contribution >= 4 is 11.8 Å². The van der Waals surface area contributed by atoms with Crippen molar-refractivity contribution in [2.75, 3.05) is 0 Å². The summed E-state index contributed by atoms with van der Waals surface area (Å²) in [7, 11) is 0. The maximum absolute atomic E-state index is 9.20. The predicted octanol–water partition coefficient (Wildman–Crippen LogP) is 4.03. The third kappa shape index (κ3) is 2.55. The molecule has 0 aliphatic heterocycles. The average molecular weight is 254 g/mol. The summed E-state index contributed by atoms with van der Waals surface area (Å²) in [4.78, 5) is 5.47. The zero-order chi connectivity index (χ0) is 13.1. The molecule has 0 unspecified atom stereocenters. The van der Waals surface area contributed by atoms with Crippen molar-refractivity contribution in [3.05, 3.63) is 52.7 Å². The molecule has 0 atom stereocenters. The first-order valence-electron chi connectivity index (χ1n) is 5.72. The number of aromatic nitrogens is 1. The summed E-state index contributed by atoms with van der Waals surface area (Å²) < 4.78 is 0. The van der Waals surface area contributed by atoms with Crippen LogP contribution in [0.1, 0.15) is 22.3 Å². The van der Waals surface area contributed by atoms with E-state index in [1.54, 1.807) is 18.0 Å². The van der Waals surface area contributed by atoms with E-state index in [2.05, 4.69) is 43.1 Å². The molecule has 0 aliphatic carbocycles. The molecular weight excluding hydrogens is 240 g/mol. The van der Waals surface area contributed by atoms with Gasteiger partial charge in [-0.25, -0.2) is 4.98 Å². The smallest absolute Gasteiger partial charge is 0.119 e. The van der Waals surface area contributed by atoms with E-state index in [1.165, 1.54) is 11.1 Å². The Hall–Kier alpha value is -1.79. The van der Waals surface area contributed by atoms with Crippen LogP contribution in [0.3, 0.4) is 0 Å². The van der Waals surface area contributed by atoms with Gasteiger partial charge < -0.3 is 0 Å². The van der Waals surface area contributed by atoms with E-state index in [-0.39, 0.29) is 0 Å². The lowest BCUT2D eigenvalue weighted by Crippen LogP contribution is -1.91. The Morgan fingerprint density at radius 2 is 1.89 bits per heavy atom. The van der Waals surface area contributed by atoms with Gasteiger partial charge in [-0.2, -0.15) is 5.26 Å². The summed E-state index contributed by atoms with van der Waals surface area (Å²) in [5, 5.41) is 9.98. The molecule has 0 fully saturated rings. The number of rotatable bonds is 2. The second-order valence-electron chi connectivity index (χ2n) is 4.29. The summed E-state index contributed by atoms with van der Waals surface area (Å²) in [6, 6.07) is 10.4. The Labute approximate surface area is 112 Å². The van der Waals surface area contributed by atoms with E-state index in [1.807, 2.05) is 13.0 Å². The standard InChI is InChI=1S/C15H14N2S/c1-10-4-5-12(3)14(8-10)18-15-13(9-16)11(2)6-7-17-15/h4-8H,1-3H3. The molecule has 0 saturated heterocycles. The average Bonchev–Trinajstić information content (AvgIpc) is 2.34. The quantitative estimate of drug-likeness (QED) is 0.812. The molecule has 0 aliphatic rings. The number of nitriles is 1. The van der Waals surface area contributed by atoms with Gasteiger partial charge in [0.25, 0.3) is 0 Å². The van der Waals surface area contributed by atoms with Crippen molar-refractivity contribution in [2.45, 2.75) is 30.7 Å². The van der Waals surface area contributed by atoms with E-state index in [9.17, 15) is 5.26 Å². The highest BCUT2D eigenvalue weighted by atomic mass is 32.2. The van der Waals surface area contributed by atoms with Gasteiger partial charge in [0.2, 0.25) is 0 Å². The summed E-state index contributed by atoms with van der Waals surface area (Å²) >= 11 is 1.56. The zero-order valence-electron chi connectivity index (χ0n) is 10.7. The maximum Gasteiger partial charge on any atom is 0.119 e. The number of hydrogen-bond acceptors (Lipinski definition) is 3. The van der Waals surface area contributed by atoms with E-state index in [0.29, 0.717) is 5.56 Å². The van der Waals surface area contributed by atoms with Gasteiger partial charge in [0.15, 0.2) is 0 Å². The van der Waals surface area contributed by atoms with Crippen molar-refractivity contribution in [2.24, 2.45) is 0 Å². The minimum atomic E-state index is 0.670. The van der Waals surface area contributed by atoms with Crippen LogP contribution in [0.5, 0.6) is 0 Å².